The number of carbonyl (C=O) groups excluding carboxylic acids is 1. The number of hydrogen-bond acceptors (Lipinski definition) is 4. The summed E-state index contributed by atoms with van der Waals surface area (Å²) in [4.78, 5) is 21.4. The fourth-order valence-electron chi connectivity index (χ4n) is 3.52. The minimum absolute atomic E-state index is 0.0940. The maximum Gasteiger partial charge on any atom is 0.255 e. The Morgan fingerprint density at radius 2 is 1.77 bits per heavy atom. The van der Waals surface area contributed by atoms with Crippen LogP contribution < -0.4 is 9.64 Å². The van der Waals surface area contributed by atoms with Crippen molar-refractivity contribution in [3.63, 3.8) is 0 Å². The quantitative estimate of drug-likeness (QED) is 0.569. The molecule has 2 heterocycles. The van der Waals surface area contributed by atoms with E-state index in [4.69, 9.17) is 27.9 Å². The third-order valence-electron chi connectivity index (χ3n) is 5.20. The van der Waals surface area contributed by atoms with Crippen molar-refractivity contribution >= 4 is 34.9 Å². The first-order valence-corrected chi connectivity index (χ1v) is 10.4. The van der Waals surface area contributed by atoms with E-state index in [9.17, 15) is 4.79 Å². The van der Waals surface area contributed by atoms with Crippen molar-refractivity contribution < 1.29 is 9.53 Å². The van der Waals surface area contributed by atoms with Gasteiger partial charge >= 0.3 is 0 Å². The molecule has 2 aromatic carbocycles. The molecule has 0 bridgehead atoms. The van der Waals surface area contributed by atoms with Crippen molar-refractivity contribution in [1.82, 2.24) is 9.88 Å². The highest BCUT2D eigenvalue weighted by atomic mass is 35.5. The maximum absolute atomic E-state index is 12.8. The predicted octanol–water partition coefficient (Wildman–Crippen LogP) is 5.03. The Labute approximate surface area is 185 Å². The van der Waals surface area contributed by atoms with E-state index >= 15 is 0 Å². The third kappa shape index (κ3) is 4.37. The minimum atomic E-state index is -0.0940. The molecule has 0 unspecified atom stereocenters. The van der Waals surface area contributed by atoms with Crippen LogP contribution in [0, 0.1) is 0 Å². The number of aromatic nitrogens is 1. The number of piperazine rings is 1. The van der Waals surface area contributed by atoms with Crippen LogP contribution in [0.2, 0.25) is 10.0 Å². The highest BCUT2D eigenvalue weighted by Gasteiger charge is 2.24. The molecule has 0 atom stereocenters. The van der Waals surface area contributed by atoms with Gasteiger partial charge in [0.2, 0.25) is 0 Å². The number of benzene rings is 2. The summed E-state index contributed by atoms with van der Waals surface area (Å²) >= 11 is 12.2. The second-order valence-corrected chi connectivity index (χ2v) is 7.88. The van der Waals surface area contributed by atoms with Gasteiger partial charge in [-0.3, -0.25) is 4.79 Å². The molecule has 1 fully saturated rings. The molecule has 154 valence electrons. The van der Waals surface area contributed by atoms with Crippen LogP contribution >= 0.6 is 23.2 Å². The van der Waals surface area contributed by atoms with E-state index < -0.39 is 0 Å². The molecule has 0 N–H and O–H groups in total. The highest BCUT2D eigenvalue weighted by molar-refractivity contribution is 6.35. The molecule has 5 nitrogen and oxygen atoms in total. The van der Waals surface area contributed by atoms with E-state index in [0.29, 0.717) is 41.8 Å². The molecular formula is C23H21Cl2N3O2. The number of hydrogen-bond donors (Lipinski definition) is 0. The Kier molecular flexibility index (Phi) is 6.11. The number of rotatable bonds is 4. The van der Waals surface area contributed by atoms with Gasteiger partial charge in [-0.2, -0.15) is 0 Å². The normalized spacial score (nSPS) is 14.0. The zero-order chi connectivity index (χ0) is 21.1. The van der Waals surface area contributed by atoms with Gasteiger partial charge in [-0.25, -0.2) is 4.98 Å². The van der Waals surface area contributed by atoms with Crippen LogP contribution in [0.4, 0.5) is 5.82 Å². The summed E-state index contributed by atoms with van der Waals surface area (Å²) in [5.41, 5.74) is 2.53. The third-order valence-corrected chi connectivity index (χ3v) is 5.77. The van der Waals surface area contributed by atoms with E-state index in [0.717, 1.165) is 22.7 Å². The molecule has 30 heavy (non-hydrogen) atoms. The lowest BCUT2D eigenvalue weighted by Gasteiger charge is -2.35. The molecule has 0 saturated carbocycles. The molecule has 1 saturated heterocycles. The summed E-state index contributed by atoms with van der Waals surface area (Å²) < 4.78 is 5.29. The van der Waals surface area contributed by atoms with Crippen molar-refractivity contribution in [1.29, 1.82) is 0 Å². The molecule has 1 aliphatic rings. The lowest BCUT2D eigenvalue weighted by Crippen LogP contribution is -2.49. The second kappa shape index (κ2) is 8.94. The Bertz CT molecular complexity index is 1050. The number of halogens is 2. The molecular weight excluding hydrogens is 421 g/mol. The topological polar surface area (TPSA) is 45.7 Å². The maximum atomic E-state index is 12.8. The van der Waals surface area contributed by atoms with Gasteiger partial charge in [0, 0.05) is 43.0 Å². The molecule has 1 aliphatic heterocycles. The second-order valence-electron chi connectivity index (χ2n) is 7.04. The largest absolute Gasteiger partial charge is 0.497 e. The van der Waals surface area contributed by atoms with Crippen LogP contribution in [0.5, 0.6) is 5.75 Å². The van der Waals surface area contributed by atoms with Crippen LogP contribution in [0.15, 0.2) is 60.8 Å². The average molecular weight is 442 g/mol. The lowest BCUT2D eigenvalue weighted by atomic mass is 10.1. The fraction of sp³-hybridized carbons (Fsp3) is 0.217. The van der Waals surface area contributed by atoms with Gasteiger partial charge in [-0.1, -0.05) is 35.3 Å². The van der Waals surface area contributed by atoms with E-state index in [2.05, 4.69) is 16.0 Å². The summed E-state index contributed by atoms with van der Waals surface area (Å²) in [5, 5.41) is 0.920. The molecule has 4 rings (SSSR count). The van der Waals surface area contributed by atoms with E-state index in [-0.39, 0.29) is 5.91 Å². The minimum Gasteiger partial charge on any atom is -0.497 e. The molecule has 3 aromatic rings. The van der Waals surface area contributed by atoms with Crippen molar-refractivity contribution in [2.75, 3.05) is 38.2 Å². The Morgan fingerprint density at radius 1 is 0.967 bits per heavy atom. The summed E-state index contributed by atoms with van der Waals surface area (Å²) in [5.74, 6) is 1.62. The van der Waals surface area contributed by atoms with Crippen molar-refractivity contribution in [3.05, 3.63) is 76.4 Å². The average Bonchev–Trinajstić information content (AvgIpc) is 2.80. The first kappa shape index (κ1) is 20.5. The summed E-state index contributed by atoms with van der Waals surface area (Å²) in [6.45, 7) is 2.60. The van der Waals surface area contributed by atoms with E-state index in [1.54, 1.807) is 30.2 Å². The number of nitrogens with zero attached hydrogens (tertiary/aromatic N) is 3. The number of amides is 1. The summed E-state index contributed by atoms with van der Waals surface area (Å²) in [6.07, 6.45) is 1.87. The monoisotopic (exact) mass is 441 g/mol. The zero-order valence-corrected chi connectivity index (χ0v) is 18.0. The SMILES string of the molecule is COc1cccc(-c2ccc(N3CCN(C(=O)c4cc(Cl)ccc4Cl)CC3)nc2)c1. The zero-order valence-electron chi connectivity index (χ0n) is 16.5. The predicted molar refractivity (Wildman–Crippen MR) is 121 cm³/mol. The molecule has 0 radical (unpaired) electrons. The smallest absolute Gasteiger partial charge is 0.255 e. The van der Waals surface area contributed by atoms with Crippen molar-refractivity contribution in [2.24, 2.45) is 0 Å². The van der Waals surface area contributed by atoms with Crippen LogP contribution in [-0.2, 0) is 0 Å². The van der Waals surface area contributed by atoms with Crippen LogP contribution in [0.25, 0.3) is 11.1 Å². The standard InChI is InChI=1S/C23H21Cl2N3O2/c1-30-19-4-2-3-16(13-19)17-5-8-22(26-15-17)27-9-11-28(12-10-27)23(29)20-14-18(24)6-7-21(20)25/h2-8,13-15H,9-12H2,1H3. The van der Waals surface area contributed by atoms with Gasteiger partial charge in [0.25, 0.3) is 5.91 Å². The number of methoxy groups -OCH3 is 1. The Balaban J connectivity index is 1.41. The Morgan fingerprint density at radius 3 is 2.47 bits per heavy atom. The number of anilines is 1. The number of ether oxygens (including phenoxy) is 1. The highest BCUT2D eigenvalue weighted by Crippen LogP contribution is 2.26. The van der Waals surface area contributed by atoms with Crippen LogP contribution in [0.3, 0.4) is 0 Å². The van der Waals surface area contributed by atoms with Gasteiger partial charge in [0.05, 0.1) is 17.7 Å². The van der Waals surface area contributed by atoms with Crippen LogP contribution in [0.1, 0.15) is 10.4 Å². The van der Waals surface area contributed by atoms with Crippen molar-refractivity contribution in [3.8, 4) is 16.9 Å². The van der Waals surface area contributed by atoms with E-state index in [1.807, 2.05) is 36.5 Å². The molecule has 1 aromatic heterocycles. The summed E-state index contributed by atoms with van der Waals surface area (Å²) in [7, 11) is 1.66. The number of pyridine rings is 1. The fourth-order valence-corrected chi connectivity index (χ4v) is 3.89. The van der Waals surface area contributed by atoms with Gasteiger partial charge < -0.3 is 14.5 Å². The van der Waals surface area contributed by atoms with Gasteiger partial charge in [-0.15, -0.1) is 0 Å². The van der Waals surface area contributed by atoms with Gasteiger partial charge in [0.15, 0.2) is 0 Å². The summed E-state index contributed by atoms with van der Waals surface area (Å²) in [6, 6.07) is 16.9. The molecule has 0 spiro atoms. The van der Waals surface area contributed by atoms with Crippen LogP contribution in [-0.4, -0.2) is 49.1 Å². The van der Waals surface area contributed by atoms with E-state index in [1.165, 1.54) is 0 Å². The molecule has 0 aliphatic carbocycles. The number of carbonyl (C=O) groups is 1. The first-order valence-electron chi connectivity index (χ1n) is 9.65. The van der Waals surface area contributed by atoms with Gasteiger partial charge in [-0.05, 0) is 48.0 Å². The molecule has 1 amide bonds. The first-order chi connectivity index (χ1) is 14.5. The lowest BCUT2D eigenvalue weighted by molar-refractivity contribution is 0.0746. The molecule has 7 heteroatoms. The van der Waals surface area contributed by atoms with Crippen molar-refractivity contribution in [2.45, 2.75) is 0 Å². The van der Waals surface area contributed by atoms with Gasteiger partial charge in [0.1, 0.15) is 11.6 Å². The Hall–Kier alpha value is -2.76.